The SMILES string of the molecule is CNC(=O)c1cccc(NC(=O)C[NH+](C)Cc2cccc(F)c2)c1. The number of amides is 2. The minimum Gasteiger partial charge on any atom is -0.355 e. The number of rotatable bonds is 6. The smallest absolute Gasteiger partial charge is 0.279 e. The Balaban J connectivity index is 1.92. The average molecular weight is 330 g/mol. The van der Waals surface area contributed by atoms with Crippen LogP contribution in [0.1, 0.15) is 15.9 Å². The summed E-state index contributed by atoms with van der Waals surface area (Å²) in [6, 6.07) is 13.1. The molecule has 2 amide bonds. The first-order valence-electron chi connectivity index (χ1n) is 7.65. The largest absolute Gasteiger partial charge is 0.355 e. The molecule has 1 atom stereocenters. The minimum absolute atomic E-state index is 0.169. The van der Waals surface area contributed by atoms with Gasteiger partial charge in [-0.15, -0.1) is 0 Å². The van der Waals surface area contributed by atoms with Gasteiger partial charge in [0.15, 0.2) is 6.54 Å². The minimum atomic E-state index is -0.282. The van der Waals surface area contributed by atoms with Gasteiger partial charge in [0.1, 0.15) is 12.4 Å². The standard InChI is InChI=1S/C18H20FN3O2/c1-20-18(24)14-6-4-8-16(10-14)21-17(23)12-22(2)11-13-5-3-7-15(19)9-13/h3-10H,11-12H2,1-2H3,(H,20,24)(H,21,23)/p+1. The number of carbonyl (C=O) groups is 2. The third kappa shape index (κ3) is 5.17. The van der Waals surface area contributed by atoms with Crippen LogP contribution in [0.25, 0.3) is 0 Å². The van der Waals surface area contributed by atoms with Gasteiger partial charge in [0.05, 0.1) is 7.05 Å². The molecular formula is C18H21FN3O2+. The van der Waals surface area contributed by atoms with Crippen molar-refractivity contribution in [1.82, 2.24) is 5.32 Å². The summed E-state index contributed by atoms with van der Waals surface area (Å²) in [7, 11) is 3.42. The zero-order chi connectivity index (χ0) is 17.5. The number of anilines is 1. The molecule has 0 saturated carbocycles. The van der Waals surface area contributed by atoms with Crippen molar-refractivity contribution in [2.24, 2.45) is 0 Å². The Morgan fingerprint density at radius 3 is 2.58 bits per heavy atom. The Hall–Kier alpha value is -2.73. The molecule has 1 unspecified atom stereocenters. The van der Waals surface area contributed by atoms with Gasteiger partial charge in [-0.25, -0.2) is 4.39 Å². The number of halogens is 1. The fourth-order valence-corrected chi connectivity index (χ4v) is 2.42. The molecule has 0 aromatic heterocycles. The third-order valence-corrected chi connectivity index (χ3v) is 3.49. The van der Waals surface area contributed by atoms with Gasteiger partial charge in [-0.3, -0.25) is 9.59 Å². The highest BCUT2D eigenvalue weighted by atomic mass is 19.1. The van der Waals surface area contributed by atoms with Crippen LogP contribution in [0.2, 0.25) is 0 Å². The molecule has 2 rings (SSSR count). The van der Waals surface area contributed by atoms with E-state index >= 15 is 0 Å². The molecule has 24 heavy (non-hydrogen) atoms. The maximum Gasteiger partial charge on any atom is 0.279 e. The van der Waals surface area contributed by atoms with Crippen LogP contribution in [-0.2, 0) is 11.3 Å². The van der Waals surface area contributed by atoms with Crippen LogP contribution < -0.4 is 15.5 Å². The molecule has 0 aliphatic heterocycles. The Labute approximate surface area is 140 Å². The fourth-order valence-electron chi connectivity index (χ4n) is 2.42. The molecule has 0 aliphatic rings. The van der Waals surface area contributed by atoms with E-state index in [0.29, 0.717) is 17.8 Å². The van der Waals surface area contributed by atoms with Crippen LogP contribution in [0.3, 0.4) is 0 Å². The van der Waals surface area contributed by atoms with Crippen molar-refractivity contribution in [2.45, 2.75) is 6.54 Å². The van der Waals surface area contributed by atoms with E-state index in [1.165, 1.54) is 12.1 Å². The predicted molar refractivity (Wildman–Crippen MR) is 90.3 cm³/mol. The zero-order valence-electron chi connectivity index (χ0n) is 13.7. The van der Waals surface area contributed by atoms with Crippen LogP contribution in [0.15, 0.2) is 48.5 Å². The monoisotopic (exact) mass is 330 g/mol. The predicted octanol–water partition coefficient (Wildman–Crippen LogP) is 0.839. The number of hydrogen-bond donors (Lipinski definition) is 3. The second-order valence-corrected chi connectivity index (χ2v) is 5.65. The van der Waals surface area contributed by atoms with Gasteiger partial charge in [-0.1, -0.05) is 18.2 Å². The second kappa shape index (κ2) is 8.21. The molecule has 0 heterocycles. The van der Waals surface area contributed by atoms with Crippen molar-refractivity contribution in [3.05, 3.63) is 65.5 Å². The first kappa shape index (κ1) is 17.6. The highest BCUT2D eigenvalue weighted by molar-refractivity contribution is 5.97. The summed E-state index contributed by atoms with van der Waals surface area (Å²) in [5.41, 5.74) is 1.89. The summed E-state index contributed by atoms with van der Waals surface area (Å²) in [5, 5.41) is 5.31. The van der Waals surface area contributed by atoms with Crippen molar-refractivity contribution in [3.63, 3.8) is 0 Å². The number of carbonyl (C=O) groups excluding carboxylic acids is 2. The van der Waals surface area contributed by atoms with E-state index in [1.807, 2.05) is 13.1 Å². The van der Waals surface area contributed by atoms with E-state index in [-0.39, 0.29) is 24.2 Å². The molecule has 3 N–H and O–H groups in total. The zero-order valence-corrected chi connectivity index (χ0v) is 13.7. The maximum absolute atomic E-state index is 13.2. The highest BCUT2D eigenvalue weighted by Gasteiger charge is 2.12. The van der Waals surface area contributed by atoms with Gasteiger partial charge in [-0.05, 0) is 30.3 Å². The summed E-state index contributed by atoms with van der Waals surface area (Å²) in [6.07, 6.45) is 0. The number of hydrogen-bond acceptors (Lipinski definition) is 2. The molecule has 2 aromatic carbocycles. The van der Waals surface area contributed by atoms with Crippen LogP contribution in [0.4, 0.5) is 10.1 Å². The van der Waals surface area contributed by atoms with Crippen molar-refractivity contribution in [3.8, 4) is 0 Å². The van der Waals surface area contributed by atoms with E-state index in [9.17, 15) is 14.0 Å². The summed E-state index contributed by atoms with van der Waals surface area (Å²) < 4.78 is 13.2. The first-order valence-corrected chi connectivity index (χ1v) is 7.65. The highest BCUT2D eigenvalue weighted by Crippen LogP contribution is 2.10. The summed E-state index contributed by atoms with van der Waals surface area (Å²) in [5.74, 6) is -0.659. The Morgan fingerprint density at radius 1 is 1.12 bits per heavy atom. The molecular weight excluding hydrogens is 309 g/mol. The van der Waals surface area contributed by atoms with E-state index in [2.05, 4.69) is 10.6 Å². The maximum atomic E-state index is 13.2. The quantitative estimate of drug-likeness (QED) is 0.735. The molecule has 6 heteroatoms. The van der Waals surface area contributed by atoms with Crippen molar-refractivity contribution in [1.29, 1.82) is 0 Å². The molecule has 126 valence electrons. The van der Waals surface area contributed by atoms with Crippen LogP contribution >= 0.6 is 0 Å². The number of likely N-dealkylation sites (N-methyl/N-ethyl adjacent to an activating group) is 1. The van der Waals surface area contributed by atoms with Gasteiger partial charge in [0.25, 0.3) is 11.8 Å². The van der Waals surface area contributed by atoms with Crippen molar-refractivity contribution < 1.29 is 18.9 Å². The average Bonchev–Trinajstić information content (AvgIpc) is 2.54. The van der Waals surface area contributed by atoms with Crippen LogP contribution in [-0.4, -0.2) is 32.5 Å². The molecule has 0 bridgehead atoms. The Bertz CT molecular complexity index is 734. The Kier molecular flexibility index (Phi) is 6.03. The third-order valence-electron chi connectivity index (χ3n) is 3.49. The molecule has 0 aliphatic carbocycles. The normalized spacial score (nSPS) is 11.6. The second-order valence-electron chi connectivity index (χ2n) is 5.65. The van der Waals surface area contributed by atoms with Gasteiger partial charge < -0.3 is 15.5 Å². The van der Waals surface area contributed by atoms with Crippen LogP contribution in [0.5, 0.6) is 0 Å². The molecule has 0 fully saturated rings. The lowest BCUT2D eigenvalue weighted by atomic mass is 10.2. The summed E-state index contributed by atoms with van der Waals surface area (Å²) in [6.45, 7) is 0.782. The van der Waals surface area contributed by atoms with Crippen molar-refractivity contribution >= 4 is 17.5 Å². The Morgan fingerprint density at radius 2 is 1.88 bits per heavy atom. The topological polar surface area (TPSA) is 62.6 Å². The van der Waals surface area contributed by atoms with E-state index in [4.69, 9.17) is 0 Å². The summed E-state index contributed by atoms with van der Waals surface area (Å²) in [4.78, 5) is 24.7. The number of quaternary nitrogens is 1. The van der Waals surface area contributed by atoms with Gasteiger partial charge in [-0.2, -0.15) is 0 Å². The molecule has 2 aromatic rings. The molecule has 0 radical (unpaired) electrons. The van der Waals surface area contributed by atoms with E-state index in [1.54, 1.807) is 37.4 Å². The van der Waals surface area contributed by atoms with Crippen molar-refractivity contribution in [2.75, 3.05) is 26.0 Å². The lowest BCUT2D eigenvalue weighted by Crippen LogP contribution is -3.08. The van der Waals surface area contributed by atoms with Crippen LogP contribution in [0, 0.1) is 5.82 Å². The summed E-state index contributed by atoms with van der Waals surface area (Å²) >= 11 is 0. The lowest BCUT2D eigenvalue weighted by Gasteiger charge is -2.14. The molecule has 5 nitrogen and oxygen atoms in total. The van der Waals surface area contributed by atoms with E-state index < -0.39 is 0 Å². The molecule has 0 saturated heterocycles. The van der Waals surface area contributed by atoms with Gasteiger partial charge >= 0.3 is 0 Å². The fraction of sp³-hybridized carbons (Fsp3) is 0.222. The van der Waals surface area contributed by atoms with E-state index in [0.717, 1.165) is 10.5 Å². The first-order chi connectivity index (χ1) is 11.5. The number of nitrogens with one attached hydrogen (secondary N) is 3. The van der Waals surface area contributed by atoms with Gasteiger partial charge in [0, 0.05) is 23.9 Å². The number of benzene rings is 2. The molecule has 0 spiro atoms. The van der Waals surface area contributed by atoms with Gasteiger partial charge in [0.2, 0.25) is 0 Å². The lowest BCUT2D eigenvalue weighted by molar-refractivity contribution is -0.885.